The van der Waals surface area contributed by atoms with E-state index in [9.17, 15) is 14.4 Å². The van der Waals surface area contributed by atoms with Crippen LogP contribution in [0.15, 0.2) is 18.2 Å². The van der Waals surface area contributed by atoms with Crippen LogP contribution >= 0.6 is 0 Å². The maximum absolute atomic E-state index is 11.9. The number of aromatic carboxylic acids is 1. The topological polar surface area (TPSA) is 83.9 Å². The highest BCUT2D eigenvalue weighted by molar-refractivity contribution is 6.09. The number of carboxylic acids is 1. The highest BCUT2D eigenvalue weighted by Crippen LogP contribution is 2.31. The van der Waals surface area contributed by atoms with Crippen LogP contribution in [-0.2, 0) is 9.59 Å². The summed E-state index contributed by atoms with van der Waals surface area (Å²) in [6, 6.07) is 4.29. The normalized spacial score (nSPS) is 15.5. The van der Waals surface area contributed by atoms with E-state index in [2.05, 4.69) is 0 Å². The minimum Gasteiger partial charge on any atom is -0.495 e. The van der Waals surface area contributed by atoms with Gasteiger partial charge in [-0.1, -0.05) is 0 Å². The molecule has 19 heavy (non-hydrogen) atoms. The maximum Gasteiger partial charge on any atom is 0.335 e. The molecule has 100 valence electrons. The van der Waals surface area contributed by atoms with Crippen molar-refractivity contribution in [2.45, 2.75) is 12.8 Å². The van der Waals surface area contributed by atoms with E-state index in [1.807, 2.05) is 0 Å². The number of methoxy groups -OCH3 is 1. The fourth-order valence-corrected chi connectivity index (χ4v) is 2.00. The fraction of sp³-hybridized carbons (Fsp3) is 0.308. The van der Waals surface area contributed by atoms with Gasteiger partial charge in [-0.05, 0) is 18.2 Å². The summed E-state index contributed by atoms with van der Waals surface area (Å²) in [7, 11) is 1.44. The molecule has 1 fully saturated rings. The van der Waals surface area contributed by atoms with E-state index in [1.54, 1.807) is 0 Å². The third kappa shape index (κ3) is 2.57. The molecular formula is C13H13NO5. The Hall–Kier alpha value is -2.37. The Morgan fingerprint density at radius 3 is 2.68 bits per heavy atom. The second kappa shape index (κ2) is 5.09. The quantitative estimate of drug-likeness (QED) is 0.825. The zero-order chi connectivity index (χ0) is 14.0. The van der Waals surface area contributed by atoms with Crippen LogP contribution in [0.3, 0.4) is 0 Å². The van der Waals surface area contributed by atoms with Crippen LogP contribution in [0.4, 0.5) is 5.69 Å². The van der Waals surface area contributed by atoms with Crippen LogP contribution in [-0.4, -0.2) is 36.4 Å². The Kier molecular flexibility index (Phi) is 3.50. The minimum absolute atomic E-state index is 0.0699. The standard InChI is InChI=1S/C13H13NO5/c1-19-11-3-2-8(13(17)18)6-10(11)14-5-4-9(15)7-12(14)16/h2-3,6H,4-5,7H2,1H3,(H,17,18). The number of piperidine rings is 1. The molecule has 1 aliphatic heterocycles. The van der Waals surface area contributed by atoms with Crippen LogP contribution in [0.2, 0.25) is 0 Å². The smallest absolute Gasteiger partial charge is 0.335 e. The lowest BCUT2D eigenvalue weighted by molar-refractivity contribution is -0.128. The molecular weight excluding hydrogens is 250 g/mol. The largest absolute Gasteiger partial charge is 0.495 e. The van der Waals surface area contributed by atoms with Gasteiger partial charge >= 0.3 is 5.97 Å². The zero-order valence-electron chi connectivity index (χ0n) is 10.4. The van der Waals surface area contributed by atoms with Gasteiger partial charge < -0.3 is 14.7 Å². The lowest BCUT2D eigenvalue weighted by atomic mass is 10.1. The van der Waals surface area contributed by atoms with Crippen molar-refractivity contribution in [3.63, 3.8) is 0 Å². The van der Waals surface area contributed by atoms with Crippen LogP contribution in [0.5, 0.6) is 5.75 Å². The van der Waals surface area contributed by atoms with Gasteiger partial charge in [0.1, 0.15) is 11.5 Å². The van der Waals surface area contributed by atoms with Gasteiger partial charge in [-0.3, -0.25) is 9.59 Å². The average molecular weight is 263 g/mol. The second-order valence-corrected chi connectivity index (χ2v) is 4.20. The lowest BCUT2D eigenvalue weighted by Gasteiger charge is -2.27. The number of ether oxygens (including phenoxy) is 1. The summed E-state index contributed by atoms with van der Waals surface area (Å²) in [4.78, 5) is 35.4. The molecule has 1 N–H and O–H groups in total. The number of hydrogen-bond acceptors (Lipinski definition) is 4. The van der Waals surface area contributed by atoms with Gasteiger partial charge in [-0.15, -0.1) is 0 Å². The fourth-order valence-electron chi connectivity index (χ4n) is 2.00. The molecule has 0 bridgehead atoms. The van der Waals surface area contributed by atoms with Crippen molar-refractivity contribution >= 4 is 23.3 Å². The summed E-state index contributed by atoms with van der Waals surface area (Å²) < 4.78 is 5.14. The Labute approximate surface area is 109 Å². The first-order chi connectivity index (χ1) is 9.02. The summed E-state index contributed by atoms with van der Waals surface area (Å²) in [5.74, 6) is -1.11. The molecule has 0 unspecified atom stereocenters. The maximum atomic E-state index is 11.9. The highest BCUT2D eigenvalue weighted by Gasteiger charge is 2.27. The zero-order valence-corrected chi connectivity index (χ0v) is 10.4. The van der Waals surface area contributed by atoms with E-state index < -0.39 is 5.97 Å². The first-order valence-corrected chi connectivity index (χ1v) is 5.76. The number of anilines is 1. The molecule has 1 amide bonds. The summed E-state index contributed by atoms with van der Waals surface area (Å²) >= 11 is 0. The number of hydrogen-bond donors (Lipinski definition) is 1. The predicted octanol–water partition coefficient (Wildman–Crippen LogP) is 1.09. The average Bonchev–Trinajstić information content (AvgIpc) is 2.38. The van der Waals surface area contributed by atoms with Crippen molar-refractivity contribution < 1.29 is 24.2 Å². The molecule has 1 aliphatic rings. The predicted molar refractivity (Wildman–Crippen MR) is 66.5 cm³/mol. The van der Waals surface area contributed by atoms with E-state index in [0.29, 0.717) is 11.4 Å². The number of rotatable bonds is 3. The van der Waals surface area contributed by atoms with Crippen molar-refractivity contribution in [2.24, 2.45) is 0 Å². The molecule has 1 heterocycles. The van der Waals surface area contributed by atoms with Crippen molar-refractivity contribution in [1.82, 2.24) is 0 Å². The molecule has 0 radical (unpaired) electrons. The van der Waals surface area contributed by atoms with E-state index in [0.717, 1.165) is 0 Å². The van der Waals surface area contributed by atoms with Crippen molar-refractivity contribution in [3.8, 4) is 5.75 Å². The molecule has 6 nitrogen and oxygen atoms in total. The molecule has 1 aromatic rings. The molecule has 0 atom stereocenters. The van der Waals surface area contributed by atoms with Gasteiger partial charge in [0.2, 0.25) is 5.91 Å². The number of ketones is 1. The Morgan fingerprint density at radius 2 is 2.11 bits per heavy atom. The first kappa shape index (κ1) is 13.1. The Balaban J connectivity index is 2.41. The molecule has 0 saturated carbocycles. The highest BCUT2D eigenvalue weighted by atomic mass is 16.5. The number of nitrogens with zero attached hydrogens (tertiary/aromatic N) is 1. The Morgan fingerprint density at radius 1 is 1.37 bits per heavy atom. The molecule has 2 rings (SSSR count). The summed E-state index contributed by atoms with van der Waals surface area (Å²) in [6.45, 7) is 0.247. The SMILES string of the molecule is COc1ccc(C(=O)O)cc1N1CCC(=O)CC1=O. The molecule has 0 spiro atoms. The second-order valence-electron chi connectivity index (χ2n) is 4.20. The molecule has 1 aromatic carbocycles. The number of Topliss-reactive ketones (excluding diaryl/α,β-unsaturated/α-hetero) is 1. The van der Waals surface area contributed by atoms with Gasteiger partial charge in [0.15, 0.2) is 0 Å². The number of carboxylic acid groups (broad SMARTS) is 1. The summed E-state index contributed by atoms with van der Waals surface area (Å²) in [5, 5.41) is 8.98. The van der Waals surface area contributed by atoms with Gasteiger partial charge in [0.05, 0.1) is 24.8 Å². The molecule has 0 aromatic heterocycles. The number of benzene rings is 1. The van der Waals surface area contributed by atoms with Crippen LogP contribution < -0.4 is 9.64 Å². The summed E-state index contributed by atoms with van der Waals surface area (Å²) in [6.07, 6.45) is 0.118. The van der Waals surface area contributed by atoms with Gasteiger partial charge in [-0.25, -0.2) is 4.79 Å². The monoisotopic (exact) mass is 263 g/mol. The lowest BCUT2D eigenvalue weighted by Crippen LogP contribution is -2.39. The van der Waals surface area contributed by atoms with Crippen LogP contribution in [0.25, 0.3) is 0 Å². The van der Waals surface area contributed by atoms with E-state index in [4.69, 9.17) is 9.84 Å². The number of carbonyl (C=O) groups excluding carboxylic acids is 2. The van der Waals surface area contributed by atoms with Crippen molar-refractivity contribution in [1.29, 1.82) is 0 Å². The van der Waals surface area contributed by atoms with Crippen LogP contribution in [0, 0.1) is 0 Å². The van der Waals surface area contributed by atoms with Crippen molar-refractivity contribution in [3.05, 3.63) is 23.8 Å². The minimum atomic E-state index is -1.08. The first-order valence-electron chi connectivity index (χ1n) is 5.76. The van der Waals surface area contributed by atoms with Gasteiger partial charge in [0, 0.05) is 13.0 Å². The van der Waals surface area contributed by atoms with Crippen molar-refractivity contribution in [2.75, 3.05) is 18.6 Å². The number of carbonyl (C=O) groups is 3. The third-order valence-corrected chi connectivity index (χ3v) is 2.98. The molecule has 6 heteroatoms. The third-order valence-electron chi connectivity index (χ3n) is 2.98. The van der Waals surface area contributed by atoms with Crippen LogP contribution in [0.1, 0.15) is 23.2 Å². The number of amides is 1. The molecule has 1 saturated heterocycles. The van der Waals surface area contributed by atoms with E-state index in [-0.39, 0.29) is 36.6 Å². The Bertz CT molecular complexity index is 552. The molecule has 0 aliphatic carbocycles. The van der Waals surface area contributed by atoms with E-state index in [1.165, 1.54) is 30.2 Å². The van der Waals surface area contributed by atoms with Gasteiger partial charge in [-0.2, -0.15) is 0 Å². The van der Waals surface area contributed by atoms with E-state index >= 15 is 0 Å². The van der Waals surface area contributed by atoms with Gasteiger partial charge in [0.25, 0.3) is 0 Å². The summed E-state index contributed by atoms with van der Waals surface area (Å²) in [5.41, 5.74) is 0.459.